The van der Waals surface area contributed by atoms with Crippen molar-refractivity contribution in [2.24, 2.45) is 5.92 Å². The van der Waals surface area contributed by atoms with Gasteiger partial charge in [-0.25, -0.2) is 4.39 Å². The molecule has 2 heterocycles. The lowest BCUT2D eigenvalue weighted by Crippen LogP contribution is -2.40. The second kappa shape index (κ2) is 9.60. The van der Waals surface area contributed by atoms with Crippen molar-refractivity contribution >= 4 is 11.8 Å². The van der Waals surface area contributed by atoms with Gasteiger partial charge in [0.25, 0.3) is 5.91 Å². The van der Waals surface area contributed by atoms with Crippen molar-refractivity contribution in [1.82, 2.24) is 14.8 Å². The van der Waals surface area contributed by atoms with Crippen molar-refractivity contribution in [2.75, 3.05) is 26.2 Å². The average Bonchev–Trinajstić information content (AvgIpc) is 2.86. The molecule has 0 saturated carbocycles. The van der Waals surface area contributed by atoms with Crippen LogP contribution >= 0.6 is 0 Å². The highest BCUT2D eigenvalue weighted by atomic mass is 19.1. The van der Waals surface area contributed by atoms with Crippen LogP contribution in [0.15, 0.2) is 48.7 Å². The normalized spacial score (nSPS) is 17.5. The number of nitrogens with zero attached hydrogens (tertiary/aromatic N) is 3. The van der Waals surface area contributed by atoms with Crippen LogP contribution in [0.2, 0.25) is 0 Å². The Morgan fingerprint density at radius 1 is 1.21 bits per heavy atom. The molecule has 1 aliphatic rings. The first kappa shape index (κ1) is 20.9. The lowest BCUT2D eigenvalue weighted by atomic mass is 10.2. The van der Waals surface area contributed by atoms with Crippen LogP contribution in [0.3, 0.4) is 0 Å². The molecule has 1 atom stereocenters. The van der Waals surface area contributed by atoms with Crippen LogP contribution in [0.25, 0.3) is 0 Å². The van der Waals surface area contributed by atoms with E-state index in [1.54, 1.807) is 47.5 Å². The second-order valence-corrected chi connectivity index (χ2v) is 7.62. The minimum Gasteiger partial charge on any atom is -0.370 e. The first-order valence-corrected chi connectivity index (χ1v) is 9.77. The second-order valence-electron chi connectivity index (χ2n) is 7.62. The Bertz CT molecular complexity index is 844. The summed E-state index contributed by atoms with van der Waals surface area (Å²) < 4.78 is 19.9. The third-order valence-corrected chi connectivity index (χ3v) is 4.72. The summed E-state index contributed by atoms with van der Waals surface area (Å²) in [6, 6.07) is 11.5. The van der Waals surface area contributed by atoms with Crippen molar-refractivity contribution in [3.8, 4) is 0 Å². The van der Waals surface area contributed by atoms with Gasteiger partial charge in [0.1, 0.15) is 18.1 Å². The quantitative estimate of drug-likeness (QED) is 0.749. The molecule has 3 rings (SSSR count). The number of carbonyl (C=O) groups excluding carboxylic acids is 2. The predicted octanol–water partition coefficient (Wildman–Crippen LogP) is 2.75. The van der Waals surface area contributed by atoms with Crippen LogP contribution in [0.1, 0.15) is 29.9 Å². The molecule has 2 amide bonds. The molecule has 0 bridgehead atoms. The Kier molecular flexibility index (Phi) is 6.93. The summed E-state index contributed by atoms with van der Waals surface area (Å²) >= 11 is 0. The van der Waals surface area contributed by atoms with Gasteiger partial charge in [-0.05, 0) is 24.1 Å². The molecule has 0 N–H and O–H groups in total. The number of aromatic nitrogens is 1. The number of amides is 2. The number of halogens is 1. The van der Waals surface area contributed by atoms with Gasteiger partial charge >= 0.3 is 0 Å². The highest BCUT2D eigenvalue weighted by Gasteiger charge is 2.32. The van der Waals surface area contributed by atoms with Crippen LogP contribution in [-0.4, -0.2) is 58.9 Å². The fourth-order valence-electron chi connectivity index (χ4n) is 3.33. The molecule has 0 radical (unpaired) electrons. The van der Waals surface area contributed by atoms with Gasteiger partial charge in [0.15, 0.2) is 0 Å². The third kappa shape index (κ3) is 5.60. The number of rotatable bonds is 6. The van der Waals surface area contributed by atoms with Crippen molar-refractivity contribution in [3.63, 3.8) is 0 Å². The molecule has 1 unspecified atom stereocenters. The van der Waals surface area contributed by atoms with E-state index < -0.39 is 6.10 Å². The van der Waals surface area contributed by atoms with E-state index in [-0.39, 0.29) is 48.9 Å². The van der Waals surface area contributed by atoms with Gasteiger partial charge in [-0.1, -0.05) is 38.1 Å². The molecule has 1 aromatic carbocycles. The molecule has 7 heteroatoms. The summed E-state index contributed by atoms with van der Waals surface area (Å²) in [4.78, 5) is 32.9. The van der Waals surface area contributed by atoms with E-state index in [0.717, 1.165) is 0 Å². The van der Waals surface area contributed by atoms with E-state index in [4.69, 9.17) is 4.74 Å². The first-order chi connectivity index (χ1) is 13.9. The van der Waals surface area contributed by atoms with Gasteiger partial charge in [0.2, 0.25) is 5.91 Å². The summed E-state index contributed by atoms with van der Waals surface area (Å²) in [6.45, 7) is 5.29. The van der Waals surface area contributed by atoms with Gasteiger partial charge in [-0.3, -0.25) is 14.6 Å². The summed E-state index contributed by atoms with van der Waals surface area (Å²) in [5.74, 6) is -0.494. The maximum atomic E-state index is 13.9. The molecule has 1 aliphatic heterocycles. The SMILES string of the molecule is CC(C)CN1CC(OCc2ccccc2F)CN(C(=O)c2ccccn2)CC1=O. The van der Waals surface area contributed by atoms with Gasteiger partial charge in [-0.2, -0.15) is 0 Å². The minimum absolute atomic E-state index is 0.0261. The number of ether oxygens (including phenoxy) is 1. The number of benzene rings is 1. The summed E-state index contributed by atoms with van der Waals surface area (Å²) in [6.07, 6.45) is 1.12. The molecule has 2 aromatic rings. The van der Waals surface area contributed by atoms with E-state index in [1.165, 1.54) is 11.0 Å². The molecule has 0 spiro atoms. The van der Waals surface area contributed by atoms with Crippen LogP contribution in [0, 0.1) is 11.7 Å². The topological polar surface area (TPSA) is 62.7 Å². The molecule has 6 nitrogen and oxygen atoms in total. The number of pyridine rings is 1. The summed E-state index contributed by atoms with van der Waals surface area (Å²) in [7, 11) is 0. The molecule has 1 fully saturated rings. The van der Waals surface area contributed by atoms with E-state index in [0.29, 0.717) is 18.7 Å². The van der Waals surface area contributed by atoms with E-state index in [2.05, 4.69) is 4.98 Å². The standard InChI is InChI=1S/C22H26FN3O3/c1-16(2)11-25-12-18(29-15-17-7-3-4-8-19(17)23)13-26(14-21(25)27)22(28)20-9-5-6-10-24-20/h3-10,16,18H,11-15H2,1-2H3. The average molecular weight is 399 g/mol. The van der Waals surface area contributed by atoms with Gasteiger partial charge in [0, 0.05) is 31.4 Å². The third-order valence-electron chi connectivity index (χ3n) is 4.72. The largest absolute Gasteiger partial charge is 0.370 e. The maximum Gasteiger partial charge on any atom is 0.273 e. The van der Waals surface area contributed by atoms with Crippen molar-refractivity contribution in [2.45, 2.75) is 26.6 Å². The zero-order valence-electron chi connectivity index (χ0n) is 16.8. The smallest absolute Gasteiger partial charge is 0.273 e. The van der Waals surface area contributed by atoms with Crippen molar-refractivity contribution in [1.29, 1.82) is 0 Å². The van der Waals surface area contributed by atoms with Gasteiger partial charge < -0.3 is 14.5 Å². The molecule has 1 saturated heterocycles. The molecular weight excluding hydrogens is 373 g/mol. The Balaban J connectivity index is 1.77. The van der Waals surface area contributed by atoms with E-state index in [1.807, 2.05) is 13.8 Å². The summed E-state index contributed by atoms with van der Waals surface area (Å²) in [5.41, 5.74) is 0.728. The number of hydrogen-bond acceptors (Lipinski definition) is 4. The van der Waals surface area contributed by atoms with E-state index in [9.17, 15) is 14.0 Å². The zero-order valence-corrected chi connectivity index (χ0v) is 16.8. The Hall–Kier alpha value is -2.80. The molecule has 154 valence electrons. The molecular formula is C22H26FN3O3. The fourth-order valence-corrected chi connectivity index (χ4v) is 3.33. The monoisotopic (exact) mass is 399 g/mol. The van der Waals surface area contributed by atoms with E-state index >= 15 is 0 Å². The Morgan fingerprint density at radius 2 is 1.97 bits per heavy atom. The molecule has 29 heavy (non-hydrogen) atoms. The number of hydrogen-bond donors (Lipinski definition) is 0. The Morgan fingerprint density at radius 3 is 2.66 bits per heavy atom. The minimum atomic E-state index is -0.424. The zero-order chi connectivity index (χ0) is 20.8. The molecule has 1 aromatic heterocycles. The highest BCUT2D eigenvalue weighted by Crippen LogP contribution is 2.16. The fraction of sp³-hybridized carbons (Fsp3) is 0.409. The maximum absolute atomic E-state index is 13.9. The van der Waals surface area contributed by atoms with Gasteiger partial charge in [-0.15, -0.1) is 0 Å². The van der Waals surface area contributed by atoms with Crippen LogP contribution in [-0.2, 0) is 16.1 Å². The van der Waals surface area contributed by atoms with Gasteiger partial charge in [0.05, 0.1) is 12.7 Å². The van der Waals surface area contributed by atoms with Crippen LogP contribution in [0.5, 0.6) is 0 Å². The Labute approximate surface area is 170 Å². The number of carbonyl (C=O) groups is 2. The lowest BCUT2D eigenvalue weighted by Gasteiger charge is -2.26. The first-order valence-electron chi connectivity index (χ1n) is 9.77. The van der Waals surface area contributed by atoms with Crippen molar-refractivity contribution in [3.05, 3.63) is 65.7 Å². The summed E-state index contributed by atoms with van der Waals surface area (Å²) in [5, 5.41) is 0. The highest BCUT2D eigenvalue weighted by molar-refractivity contribution is 5.95. The lowest BCUT2D eigenvalue weighted by molar-refractivity contribution is -0.132. The van der Waals surface area contributed by atoms with Crippen molar-refractivity contribution < 1.29 is 18.7 Å². The van der Waals surface area contributed by atoms with Crippen LogP contribution < -0.4 is 0 Å². The van der Waals surface area contributed by atoms with Crippen LogP contribution in [0.4, 0.5) is 4.39 Å². The predicted molar refractivity (Wildman–Crippen MR) is 107 cm³/mol. The molecule has 0 aliphatic carbocycles.